The van der Waals surface area contributed by atoms with Crippen molar-refractivity contribution < 1.29 is 4.52 Å². The summed E-state index contributed by atoms with van der Waals surface area (Å²) >= 11 is 0. The van der Waals surface area contributed by atoms with Crippen LogP contribution >= 0.6 is 0 Å². The summed E-state index contributed by atoms with van der Waals surface area (Å²) in [4.78, 5) is 17.4. The molecular formula is C17H17N5O. The second-order valence-corrected chi connectivity index (χ2v) is 6.01. The molecule has 1 fully saturated rings. The van der Waals surface area contributed by atoms with Crippen molar-refractivity contribution in [3.8, 4) is 11.5 Å². The van der Waals surface area contributed by atoms with Gasteiger partial charge in [0.05, 0.1) is 16.7 Å². The highest BCUT2D eigenvalue weighted by Crippen LogP contribution is 2.47. The van der Waals surface area contributed by atoms with E-state index in [-0.39, 0.29) is 5.41 Å². The van der Waals surface area contributed by atoms with Gasteiger partial charge in [-0.15, -0.1) is 0 Å². The molecule has 3 aromatic rings. The fourth-order valence-corrected chi connectivity index (χ4v) is 3.16. The van der Waals surface area contributed by atoms with Crippen LogP contribution in [-0.4, -0.2) is 25.1 Å². The minimum atomic E-state index is -0.149. The van der Waals surface area contributed by atoms with Gasteiger partial charge in [-0.3, -0.25) is 4.98 Å². The van der Waals surface area contributed by atoms with Crippen molar-refractivity contribution in [1.82, 2.24) is 25.1 Å². The maximum absolute atomic E-state index is 5.52. The molecule has 0 bridgehead atoms. The van der Waals surface area contributed by atoms with Gasteiger partial charge in [0, 0.05) is 18.6 Å². The Labute approximate surface area is 134 Å². The number of aromatic nitrogens is 5. The van der Waals surface area contributed by atoms with E-state index < -0.39 is 0 Å². The maximum atomic E-state index is 5.52. The average molecular weight is 307 g/mol. The Kier molecular flexibility index (Phi) is 3.18. The Morgan fingerprint density at radius 1 is 1.09 bits per heavy atom. The molecule has 4 rings (SSSR count). The summed E-state index contributed by atoms with van der Waals surface area (Å²) in [5, 5.41) is 4.26. The molecule has 23 heavy (non-hydrogen) atoms. The zero-order valence-corrected chi connectivity index (χ0v) is 13.2. The first-order chi connectivity index (χ1) is 11.2. The van der Waals surface area contributed by atoms with Crippen LogP contribution in [0.4, 0.5) is 0 Å². The Morgan fingerprint density at radius 2 is 1.87 bits per heavy atom. The molecule has 1 saturated carbocycles. The van der Waals surface area contributed by atoms with E-state index in [4.69, 9.17) is 4.52 Å². The lowest BCUT2D eigenvalue weighted by Gasteiger charge is -2.39. The molecule has 6 nitrogen and oxygen atoms in total. The summed E-state index contributed by atoms with van der Waals surface area (Å²) in [5.74, 6) is 1.96. The first-order valence-corrected chi connectivity index (χ1v) is 7.74. The molecule has 1 aliphatic rings. The molecule has 0 saturated heterocycles. The van der Waals surface area contributed by atoms with Crippen LogP contribution in [0.3, 0.4) is 0 Å². The van der Waals surface area contributed by atoms with Gasteiger partial charge in [-0.1, -0.05) is 11.6 Å². The third kappa shape index (κ3) is 2.21. The predicted molar refractivity (Wildman–Crippen MR) is 83.7 cm³/mol. The zero-order valence-electron chi connectivity index (χ0n) is 13.2. The van der Waals surface area contributed by atoms with Gasteiger partial charge in [-0.25, -0.2) is 9.97 Å². The Hall–Kier alpha value is -2.63. The van der Waals surface area contributed by atoms with Crippen LogP contribution in [0.25, 0.3) is 11.5 Å². The van der Waals surface area contributed by atoms with Crippen LogP contribution in [0.15, 0.2) is 35.2 Å². The second kappa shape index (κ2) is 5.22. The first kappa shape index (κ1) is 14.0. The SMILES string of the molecule is Cc1ncc(-c2nc(C3(c4ccncc4)CCC3)no2)c(C)n1. The minimum absolute atomic E-state index is 0.149. The van der Waals surface area contributed by atoms with Gasteiger partial charge in [-0.05, 0) is 44.4 Å². The monoisotopic (exact) mass is 307 g/mol. The molecule has 3 heterocycles. The van der Waals surface area contributed by atoms with E-state index in [2.05, 4.69) is 25.1 Å². The van der Waals surface area contributed by atoms with E-state index >= 15 is 0 Å². The maximum Gasteiger partial charge on any atom is 0.261 e. The van der Waals surface area contributed by atoms with Crippen LogP contribution in [0.2, 0.25) is 0 Å². The summed E-state index contributed by atoms with van der Waals surface area (Å²) in [6, 6.07) is 4.07. The molecule has 3 aromatic heterocycles. The van der Waals surface area contributed by atoms with Crippen LogP contribution in [0.5, 0.6) is 0 Å². The number of nitrogens with zero attached hydrogens (tertiary/aromatic N) is 5. The molecule has 116 valence electrons. The number of rotatable bonds is 3. The highest BCUT2D eigenvalue weighted by atomic mass is 16.5. The van der Waals surface area contributed by atoms with Gasteiger partial charge < -0.3 is 4.52 Å². The van der Waals surface area contributed by atoms with Crippen molar-refractivity contribution in [2.45, 2.75) is 38.5 Å². The topological polar surface area (TPSA) is 77.6 Å². The molecule has 0 aliphatic heterocycles. The Morgan fingerprint density at radius 3 is 2.52 bits per heavy atom. The summed E-state index contributed by atoms with van der Waals surface area (Å²) < 4.78 is 5.52. The Bertz CT molecular complexity index is 839. The quantitative estimate of drug-likeness (QED) is 0.740. The number of aryl methyl sites for hydroxylation is 2. The van der Waals surface area contributed by atoms with Crippen molar-refractivity contribution in [2.75, 3.05) is 0 Å². The standard InChI is InChI=1S/C17H17N5O/c1-11-14(10-19-12(2)20-11)15-21-16(22-23-15)17(6-3-7-17)13-4-8-18-9-5-13/h4-5,8-10H,3,6-7H2,1-2H3. The lowest BCUT2D eigenvalue weighted by atomic mass is 9.64. The van der Waals surface area contributed by atoms with Crippen molar-refractivity contribution in [3.05, 3.63) is 53.6 Å². The Balaban J connectivity index is 1.75. The molecule has 0 radical (unpaired) electrons. The van der Waals surface area contributed by atoms with Gasteiger partial charge in [0.15, 0.2) is 5.82 Å². The molecule has 0 spiro atoms. The number of hydrogen-bond acceptors (Lipinski definition) is 6. The van der Waals surface area contributed by atoms with E-state index in [0.29, 0.717) is 5.89 Å². The lowest BCUT2D eigenvalue weighted by Crippen LogP contribution is -2.36. The second-order valence-electron chi connectivity index (χ2n) is 6.01. The number of pyridine rings is 1. The smallest absolute Gasteiger partial charge is 0.261 e. The number of hydrogen-bond donors (Lipinski definition) is 0. The molecule has 1 aliphatic carbocycles. The molecular weight excluding hydrogens is 290 g/mol. The van der Waals surface area contributed by atoms with E-state index in [0.717, 1.165) is 35.7 Å². The largest absolute Gasteiger partial charge is 0.334 e. The molecule has 6 heteroatoms. The van der Waals surface area contributed by atoms with E-state index in [1.54, 1.807) is 6.20 Å². The van der Waals surface area contributed by atoms with Crippen LogP contribution in [-0.2, 0) is 5.41 Å². The lowest BCUT2D eigenvalue weighted by molar-refractivity contribution is 0.272. The van der Waals surface area contributed by atoms with E-state index in [1.807, 2.05) is 38.4 Å². The highest BCUT2D eigenvalue weighted by molar-refractivity contribution is 5.54. The average Bonchev–Trinajstić information content (AvgIpc) is 2.97. The van der Waals surface area contributed by atoms with Crippen molar-refractivity contribution in [1.29, 1.82) is 0 Å². The summed E-state index contributed by atoms with van der Waals surface area (Å²) in [7, 11) is 0. The normalized spacial score (nSPS) is 16.1. The molecule has 0 aromatic carbocycles. The summed E-state index contributed by atoms with van der Waals surface area (Å²) in [6.07, 6.45) is 8.59. The van der Waals surface area contributed by atoms with Crippen molar-refractivity contribution in [2.24, 2.45) is 0 Å². The molecule has 0 amide bonds. The first-order valence-electron chi connectivity index (χ1n) is 7.74. The molecule has 0 unspecified atom stereocenters. The summed E-state index contributed by atoms with van der Waals surface area (Å²) in [6.45, 7) is 3.79. The van der Waals surface area contributed by atoms with Gasteiger partial charge in [0.2, 0.25) is 0 Å². The highest BCUT2D eigenvalue weighted by Gasteiger charge is 2.44. The fourth-order valence-electron chi connectivity index (χ4n) is 3.16. The predicted octanol–water partition coefficient (Wildman–Crippen LogP) is 3.01. The van der Waals surface area contributed by atoms with Gasteiger partial charge in [0.25, 0.3) is 5.89 Å². The van der Waals surface area contributed by atoms with Gasteiger partial charge in [-0.2, -0.15) is 4.98 Å². The van der Waals surface area contributed by atoms with Crippen molar-refractivity contribution >= 4 is 0 Å². The van der Waals surface area contributed by atoms with Crippen molar-refractivity contribution in [3.63, 3.8) is 0 Å². The third-order valence-corrected chi connectivity index (χ3v) is 4.62. The zero-order chi connectivity index (χ0) is 15.9. The van der Waals surface area contributed by atoms with Gasteiger partial charge >= 0.3 is 0 Å². The fraction of sp³-hybridized carbons (Fsp3) is 0.353. The van der Waals surface area contributed by atoms with Crippen LogP contribution in [0.1, 0.15) is 42.2 Å². The van der Waals surface area contributed by atoms with E-state index in [9.17, 15) is 0 Å². The summed E-state index contributed by atoms with van der Waals surface area (Å²) in [5.41, 5.74) is 2.69. The van der Waals surface area contributed by atoms with Gasteiger partial charge in [0.1, 0.15) is 5.82 Å². The minimum Gasteiger partial charge on any atom is -0.334 e. The van der Waals surface area contributed by atoms with Crippen LogP contribution in [0, 0.1) is 13.8 Å². The third-order valence-electron chi connectivity index (χ3n) is 4.62. The molecule has 0 N–H and O–H groups in total. The van der Waals surface area contributed by atoms with E-state index in [1.165, 1.54) is 12.0 Å². The molecule has 0 atom stereocenters. The van der Waals surface area contributed by atoms with Crippen LogP contribution < -0.4 is 0 Å².